The highest BCUT2D eigenvalue weighted by Gasteiger charge is 2.37. The highest BCUT2D eigenvalue weighted by molar-refractivity contribution is 5.79. The Hall–Kier alpha value is -3.15. The molecule has 0 atom stereocenters. The molecule has 0 radical (unpaired) electrons. The number of hydrogen-bond acceptors (Lipinski definition) is 3. The molecule has 0 amide bonds. The monoisotopic (exact) mass is 472 g/mol. The van der Waals surface area contributed by atoms with Gasteiger partial charge in [-0.05, 0) is 48.4 Å². The number of nitrogens with one attached hydrogen (secondary N) is 1. The number of nitrogen functional groups attached to an aromatic ring is 1. The number of rotatable bonds is 7. The number of hydrogen-bond donors (Lipinski definition) is 2. The predicted molar refractivity (Wildman–Crippen MR) is 136 cm³/mol. The Morgan fingerprint density at radius 1 is 1.00 bits per heavy atom. The molecule has 3 N–H and O–H groups in total. The molecule has 0 aliphatic heterocycles. The van der Waals surface area contributed by atoms with Crippen molar-refractivity contribution in [2.45, 2.75) is 52.6 Å². The number of halogens is 3. The molecule has 0 bridgehead atoms. The van der Waals surface area contributed by atoms with E-state index in [1.54, 1.807) is 24.3 Å². The Morgan fingerprint density at radius 3 is 2.12 bits per heavy atom. The fraction of sp³-hybridized carbons (Fsp3) is 0.357. The lowest BCUT2D eigenvalue weighted by atomic mass is 9.96. The van der Waals surface area contributed by atoms with E-state index in [1.807, 2.05) is 13.0 Å². The van der Waals surface area contributed by atoms with Crippen molar-refractivity contribution in [2.24, 2.45) is 0 Å². The zero-order valence-corrected chi connectivity index (χ0v) is 20.6. The Morgan fingerprint density at radius 2 is 1.62 bits per heavy atom. The summed E-state index contributed by atoms with van der Waals surface area (Å²) in [6.45, 7) is 8.97. The summed E-state index contributed by atoms with van der Waals surface area (Å²) in [5, 5.41) is 2.94. The van der Waals surface area contributed by atoms with Crippen molar-refractivity contribution in [3.63, 3.8) is 0 Å². The van der Waals surface area contributed by atoms with Gasteiger partial charge in [-0.15, -0.1) is 0 Å². The highest BCUT2D eigenvalue weighted by atomic mass is 19.4. The number of nitrogens with two attached hydrogens (primary N) is 1. The quantitative estimate of drug-likeness (QED) is 0.345. The average Bonchev–Trinajstić information content (AvgIpc) is 2.78. The van der Waals surface area contributed by atoms with Gasteiger partial charge in [-0.1, -0.05) is 80.9 Å². The molecule has 0 fully saturated rings. The third-order valence-corrected chi connectivity index (χ3v) is 5.45. The minimum atomic E-state index is -4.54. The van der Waals surface area contributed by atoms with Crippen LogP contribution < -0.4 is 15.8 Å². The maximum absolute atomic E-state index is 13.6. The average molecular weight is 473 g/mol. The lowest BCUT2D eigenvalue weighted by molar-refractivity contribution is -0.137. The van der Waals surface area contributed by atoms with E-state index in [0.29, 0.717) is 18.2 Å². The van der Waals surface area contributed by atoms with Crippen LogP contribution in [0.4, 0.5) is 24.5 Å². The van der Waals surface area contributed by atoms with Crippen LogP contribution in [0.2, 0.25) is 0 Å². The van der Waals surface area contributed by atoms with Crippen molar-refractivity contribution in [3.05, 3.63) is 88.5 Å². The second kappa shape index (κ2) is 12.4. The van der Waals surface area contributed by atoms with Gasteiger partial charge >= 0.3 is 6.18 Å². The smallest absolute Gasteiger partial charge is 0.418 e. The summed E-state index contributed by atoms with van der Waals surface area (Å²) in [4.78, 5) is 0. The molecule has 0 aromatic heterocycles. The summed E-state index contributed by atoms with van der Waals surface area (Å²) in [6.07, 6.45) is -3.65. The Kier molecular flexibility index (Phi) is 9.84. The van der Waals surface area contributed by atoms with E-state index in [0.717, 1.165) is 12.0 Å². The molecule has 0 spiro atoms. The maximum atomic E-state index is 13.6. The van der Waals surface area contributed by atoms with Crippen molar-refractivity contribution < 1.29 is 17.9 Å². The molecule has 0 aliphatic carbocycles. The van der Waals surface area contributed by atoms with E-state index in [-0.39, 0.29) is 23.4 Å². The standard InChI is InChI=1S/C18H21F3N2O.C10H14/c1-3-9-23-17-14(24-2)11-13(10-12-7-5-4-6-8-12)15(16(17)22)18(19,20)21;1-8(2)10-6-4-9(3)5-7-10/h4-8,11,23H,3,9-10,22H2,1-2H3;4-8H,1-3H3. The first-order valence-corrected chi connectivity index (χ1v) is 11.5. The molecule has 0 saturated heterocycles. The first-order chi connectivity index (χ1) is 16.1. The van der Waals surface area contributed by atoms with E-state index in [1.165, 1.54) is 24.3 Å². The summed E-state index contributed by atoms with van der Waals surface area (Å²) in [7, 11) is 1.42. The zero-order chi connectivity index (χ0) is 25.3. The molecule has 0 aliphatic rings. The SMILES string of the molecule is CCCNc1c(OC)cc(Cc2ccccc2)c(C(F)(F)F)c1N.Cc1ccc(C(C)C)cc1. The number of alkyl halides is 3. The molecule has 3 nitrogen and oxygen atoms in total. The minimum absolute atomic E-state index is 0.102. The van der Waals surface area contributed by atoms with Gasteiger partial charge in [0.1, 0.15) is 11.4 Å². The van der Waals surface area contributed by atoms with Gasteiger partial charge in [-0.3, -0.25) is 0 Å². The molecular formula is C28H35F3N2O. The topological polar surface area (TPSA) is 47.3 Å². The van der Waals surface area contributed by atoms with Crippen LogP contribution >= 0.6 is 0 Å². The normalized spacial score (nSPS) is 11.1. The van der Waals surface area contributed by atoms with Gasteiger partial charge in [-0.2, -0.15) is 13.2 Å². The van der Waals surface area contributed by atoms with E-state index in [4.69, 9.17) is 10.5 Å². The molecule has 3 aromatic rings. The van der Waals surface area contributed by atoms with Crippen LogP contribution in [0, 0.1) is 6.92 Å². The van der Waals surface area contributed by atoms with Crippen molar-refractivity contribution in [1.29, 1.82) is 0 Å². The second-order valence-electron chi connectivity index (χ2n) is 8.55. The molecule has 184 valence electrons. The van der Waals surface area contributed by atoms with Crippen molar-refractivity contribution in [2.75, 3.05) is 24.7 Å². The van der Waals surface area contributed by atoms with Crippen LogP contribution in [0.3, 0.4) is 0 Å². The van der Waals surface area contributed by atoms with Crippen LogP contribution in [0.25, 0.3) is 0 Å². The number of benzene rings is 3. The van der Waals surface area contributed by atoms with E-state index < -0.39 is 11.7 Å². The number of ether oxygens (including phenoxy) is 1. The molecule has 3 aromatic carbocycles. The number of methoxy groups -OCH3 is 1. The van der Waals surface area contributed by atoms with E-state index in [9.17, 15) is 13.2 Å². The van der Waals surface area contributed by atoms with E-state index >= 15 is 0 Å². The van der Waals surface area contributed by atoms with Crippen molar-refractivity contribution >= 4 is 11.4 Å². The summed E-state index contributed by atoms with van der Waals surface area (Å²) in [5.74, 6) is 0.973. The van der Waals surface area contributed by atoms with Gasteiger partial charge < -0.3 is 15.8 Å². The molecular weight excluding hydrogens is 437 g/mol. The largest absolute Gasteiger partial charge is 0.494 e. The minimum Gasteiger partial charge on any atom is -0.494 e. The Labute approximate surface area is 201 Å². The first kappa shape index (κ1) is 27.1. The molecule has 6 heteroatoms. The molecule has 0 heterocycles. The van der Waals surface area contributed by atoms with Crippen molar-refractivity contribution in [1.82, 2.24) is 0 Å². The zero-order valence-electron chi connectivity index (χ0n) is 20.6. The maximum Gasteiger partial charge on any atom is 0.418 e. The fourth-order valence-electron chi connectivity index (χ4n) is 3.57. The van der Waals surface area contributed by atoms with Gasteiger partial charge in [-0.25, -0.2) is 0 Å². The predicted octanol–water partition coefficient (Wildman–Crippen LogP) is 7.83. The molecule has 0 saturated carbocycles. The highest BCUT2D eigenvalue weighted by Crippen LogP contribution is 2.44. The second-order valence-corrected chi connectivity index (χ2v) is 8.55. The van der Waals surface area contributed by atoms with Crippen LogP contribution in [0.5, 0.6) is 5.75 Å². The Balaban J connectivity index is 0.000000340. The fourth-order valence-corrected chi connectivity index (χ4v) is 3.57. The van der Waals surface area contributed by atoms with Gasteiger partial charge in [0.2, 0.25) is 0 Å². The Bertz CT molecular complexity index is 1030. The molecule has 0 unspecified atom stereocenters. The third-order valence-electron chi connectivity index (χ3n) is 5.45. The lowest BCUT2D eigenvalue weighted by Crippen LogP contribution is -2.16. The summed E-state index contributed by atoms with van der Waals surface area (Å²) in [6, 6.07) is 19.1. The third kappa shape index (κ3) is 7.44. The first-order valence-electron chi connectivity index (χ1n) is 11.5. The summed E-state index contributed by atoms with van der Waals surface area (Å²) >= 11 is 0. The molecule has 3 rings (SSSR count). The lowest BCUT2D eigenvalue weighted by Gasteiger charge is -2.21. The number of anilines is 2. The van der Waals surface area contributed by atoms with E-state index in [2.05, 4.69) is 50.4 Å². The van der Waals surface area contributed by atoms with Gasteiger partial charge in [0.05, 0.1) is 18.4 Å². The van der Waals surface area contributed by atoms with Crippen LogP contribution in [-0.4, -0.2) is 13.7 Å². The van der Waals surface area contributed by atoms with Crippen LogP contribution in [0.15, 0.2) is 60.7 Å². The van der Waals surface area contributed by atoms with Gasteiger partial charge in [0, 0.05) is 6.54 Å². The van der Waals surface area contributed by atoms with Crippen LogP contribution in [-0.2, 0) is 12.6 Å². The van der Waals surface area contributed by atoms with Gasteiger partial charge in [0.25, 0.3) is 0 Å². The number of aryl methyl sites for hydroxylation is 1. The molecule has 34 heavy (non-hydrogen) atoms. The van der Waals surface area contributed by atoms with Crippen molar-refractivity contribution in [3.8, 4) is 5.75 Å². The van der Waals surface area contributed by atoms with Crippen LogP contribution in [0.1, 0.15) is 60.9 Å². The van der Waals surface area contributed by atoms with Gasteiger partial charge in [0.15, 0.2) is 0 Å². The summed E-state index contributed by atoms with van der Waals surface area (Å²) < 4.78 is 46.1. The summed E-state index contributed by atoms with van der Waals surface area (Å²) in [5.41, 5.74) is 8.60.